The molecule has 0 saturated heterocycles. The lowest BCUT2D eigenvalue weighted by atomic mass is 10.2. The summed E-state index contributed by atoms with van der Waals surface area (Å²) < 4.78 is 0. The molecule has 0 amide bonds. The van der Waals surface area contributed by atoms with Crippen LogP contribution in [0.15, 0.2) is 11.1 Å². The van der Waals surface area contributed by atoms with E-state index in [1.54, 1.807) is 13.0 Å². The van der Waals surface area contributed by atoms with Gasteiger partial charge in [-0.15, -0.1) is 0 Å². The number of carbonyl (C=O) groups is 1. The standard InChI is InChI=1S/C7H11ClO/c1-3-5-6(8)7(9)4-2/h5H,3-4H2,1-2H3. The highest BCUT2D eigenvalue weighted by Crippen LogP contribution is 2.05. The van der Waals surface area contributed by atoms with Crippen LogP contribution in [-0.4, -0.2) is 5.78 Å². The number of carbonyl (C=O) groups excluding carboxylic acids is 1. The fourth-order valence-electron chi connectivity index (χ4n) is 0.462. The molecule has 52 valence electrons. The van der Waals surface area contributed by atoms with Crippen LogP contribution in [0.3, 0.4) is 0 Å². The molecule has 0 saturated carbocycles. The topological polar surface area (TPSA) is 17.1 Å². The van der Waals surface area contributed by atoms with Crippen LogP contribution in [0.4, 0.5) is 0 Å². The van der Waals surface area contributed by atoms with Crippen LogP contribution >= 0.6 is 11.6 Å². The zero-order valence-corrected chi connectivity index (χ0v) is 6.53. The van der Waals surface area contributed by atoms with Gasteiger partial charge < -0.3 is 0 Å². The van der Waals surface area contributed by atoms with E-state index in [0.29, 0.717) is 11.5 Å². The zero-order chi connectivity index (χ0) is 7.28. The zero-order valence-electron chi connectivity index (χ0n) is 5.78. The molecule has 2 heteroatoms. The Morgan fingerprint density at radius 1 is 1.56 bits per heavy atom. The van der Waals surface area contributed by atoms with Gasteiger partial charge in [0.05, 0.1) is 5.03 Å². The Balaban J connectivity index is 3.86. The van der Waals surface area contributed by atoms with Gasteiger partial charge in [0, 0.05) is 6.42 Å². The van der Waals surface area contributed by atoms with E-state index >= 15 is 0 Å². The van der Waals surface area contributed by atoms with Gasteiger partial charge in [-0.05, 0) is 6.42 Å². The molecule has 0 radical (unpaired) electrons. The summed E-state index contributed by atoms with van der Waals surface area (Å²) in [6.45, 7) is 3.75. The average molecular weight is 147 g/mol. The number of allylic oxidation sites excluding steroid dienone is 2. The van der Waals surface area contributed by atoms with Gasteiger partial charge in [0.2, 0.25) is 0 Å². The number of rotatable bonds is 3. The highest BCUT2D eigenvalue weighted by molar-refractivity contribution is 6.42. The lowest BCUT2D eigenvalue weighted by Gasteiger charge is -1.90. The first-order valence-electron chi connectivity index (χ1n) is 3.11. The lowest BCUT2D eigenvalue weighted by Crippen LogP contribution is -1.93. The molecule has 0 aliphatic carbocycles. The first-order chi connectivity index (χ1) is 4.22. The summed E-state index contributed by atoms with van der Waals surface area (Å²) in [6.07, 6.45) is 3.05. The van der Waals surface area contributed by atoms with Crippen LogP contribution in [-0.2, 0) is 4.79 Å². The van der Waals surface area contributed by atoms with Crippen LogP contribution in [0.25, 0.3) is 0 Å². The summed E-state index contributed by atoms with van der Waals surface area (Å²) in [5.41, 5.74) is 0. The Kier molecular flexibility index (Phi) is 4.41. The third-order valence-corrected chi connectivity index (χ3v) is 1.34. The molecule has 0 aromatic carbocycles. The summed E-state index contributed by atoms with van der Waals surface area (Å²) in [5.74, 6) is 0.0264. The van der Waals surface area contributed by atoms with Gasteiger partial charge in [0.25, 0.3) is 0 Å². The third kappa shape index (κ3) is 3.31. The summed E-state index contributed by atoms with van der Waals surface area (Å²) in [7, 11) is 0. The van der Waals surface area contributed by atoms with Crippen molar-refractivity contribution in [2.24, 2.45) is 0 Å². The highest BCUT2D eigenvalue weighted by atomic mass is 35.5. The number of hydrogen-bond donors (Lipinski definition) is 0. The van der Waals surface area contributed by atoms with Crippen molar-refractivity contribution < 1.29 is 4.79 Å². The minimum Gasteiger partial charge on any atom is -0.293 e. The molecule has 0 aromatic heterocycles. The Morgan fingerprint density at radius 2 is 2.11 bits per heavy atom. The van der Waals surface area contributed by atoms with Crippen molar-refractivity contribution in [2.45, 2.75) is 26.7 Å². The predicted molar refractivity (Wildman–Crippen MR) is 39.5 cm³/mol. The molecular weight excluding hydrogens is 136 g/mol. The van der Waals surface area contributed by atoms with E-state index in [-0.39, 0.29) is 5.78 Å². The molecule has 0 aliphatic heterocycles. The largest absolute Gasteiger partial charge is 0.293 e. The van der Waals surface area contributed by atoms with Crippen molar-refractivity contribution in [3.63, 3.8) is 0 Å². The van der Waals surface area contributed by atoms with Gasteiger partial charge in [-0.25, -0.2) is 0 Å². The summed E-state index contributed by atoms with van der Waals surface area (Å²) >= 11 is 5.54. The van der Waals surface area contributed by atoms with Gasteiger partial charge >= 0.3 is 0 Å². The molecule has 0 N–H and O–H groups in total. The lowest BCUT2D eigenvalue weighted by molar-refractivity contribution is -0.114. The second-order valence-corrected chi connectivity index (χ2v) is 2.14. The Bertz CT molecular complexity index is 127. The first kappa shape index (κ1) is 8.70. The Labute approximate surface area is 60.7 Å². The van der Waals surface area contributed by atoms with E-state index in [4.69, 9.17) is 11.6 Å². The van der Waals surface area contributed by atoms with E-state index in [0.717, 1.165) is 6.42 Å². The maximum absolute atomic E-state index is 10.7. The van der Waals surface area contributed by atoms with Crippen molar-refractivity contribution in [3.8, 4) is 0 Å². The van der Waals surface area contributed by atoms with E-state index in [1.165, 1.54) is 0 Å². The van der Waals surface area contributed by atoms with E-state index in [2.05, 4.69) is 0 Å². The number of hydrogen-bond acceptors (Lipinski definition) is 1. The normalized spacial score (nSPS) is 11.7. The molecule has 0 atom stereocenters. The number of ketones is 1. The average Bonchev–Trinajstić information content (AvgIpc) is 1.87. The van der Waals surface area contributed by atoms with Gasteiger partial charge in [0.1, 0.15) is 0 Å². The maximum Gasteiger partial charge on any atom is 0.173 e. The van der Waals surface area contributed by atoms with Crippen molar-refractivity contribution >= 4 is 17.4 Å². The fraction of sp³-hybridized carbons (Fsp3) is 0.571. The van der Waals surface area contributed by atoms with Gasteiger partial charge in [-0.1, -0.05) is 31.5 Å². The molecular formula is C7H11ClO. The quantitative estimate of drug-likeness (QED) is 0.560. The minimum atomic E-state index is 0.0264. The molecule has 0 unspecified atom stereocenters. The second kappa shape index (κ2) is 4.57. The molecule has 0 fully saturated rings. The first-order valence-corrected chi connectivity index (χ1v) is 3.49. The third-order valence-electron chi connectivity index (χ3n) is 0.971. The molecule has 0 spiro atoms. The monoisotopic (exact) mass is 146 g/mol. The molecule has 0 aliphatic rings. The molecule has 1 nitrogen and oxygen atoms in total. The Hall–Kier alpha value is -0.300. The predicted octanol–water partition coefficient (Wildman–Crippen LogP) is 2.50. The van der Waals surface area contributed by atoms with Crippen molar-refractivity contribution in [1.82, 2.24) is 0 Å². The fourth-order valence-corrected chi connectivity index (χ4v) is 0.750. The van der Waals surface area contributed by atoms with Crippen LogP contribution in [0.2, 0.25) is 0 Å². The van der Waals surface area contributed by atoms with Crippen LogP contribution < -0.4 is 0 Å². The Morgan fingerprint density at radius 3 is 2.44 bits per heavy atom. The summed E-state index contributed by atoms with van der Waals surface area (Å²) in [6, 6.07) is 0. The minimum absolute atomic E-state index is 0.0264. The van der Waals surface area contributed by atoms with Crippen LogP contribution in [0, 0.1) is 0 Å². The maximum atomic E-state index is 10.7. The summed E-state index contributed by atoms with van der Waals surface area (Å²) in [4.78, 5) is 10.7. The smallest absolute Gasteiger partial charge is 0.173 e. The SMILES string of the molecule is CCC=C(Cl)C(=O)CC. The van der Waals surface area contributed by atoms with Gasteiger partial charge in [-0.3, -0.25) is 4.79 Å². The molecule has 0 bridgehead atoms. The van der Waals surface area contributed by atoms with Crippen LogP contribution in [0.1, 0.15) is 26.7 Å². The molecule has 0 heterocycles. The van der Waals surface area contributed by atoms with Gasteiger partial charge in [-0.2, -0.15) is 0 Å². The number of halogens is 1. The molecule has 9 heavy (non-hydrogen) atoms. The van der Waals surface area contributed by atoms with Gasteiger partial charge in [0.15, 0.2) is 5.78 Å². The highest BCUT2D eigenvalue weighted by Gasteiger charge is 2.00. The summed E-state index contributed by atoms with van der Waals surface area (Å²) in [5, 5.41) is 0.375. The number of Topliss-reactive ketones (excluding diaryl/α,β-unsaturated/α-hetero) is 1. The second-order valence-electron chi connectivity index (χ2n) is 1.74. The van der Waals surface area contributed by atoms with E-state index in [9.17, 15) is 4.79 Å². The van der Waals surface area contributed by atoms with E-state index in [1.807, 2.05) is 6.92 Å². The van der Waals surface area contributed by atoms with Crippen molar-refractivity contribution in [2.75, 3.05) is 0 Å². The molecule has 0 aromatic rings. The van der Waals surface area contributed by atoms with E-state index < -0.39 is 0 Å². The molecule has 0 rings (SSSR count). The van der Waals surface area contributed by atoms with Crippen LogP contribution in [0.5, 0.6) is 0 Å². The van der Waals surface area contributed by atoms with Crippen molar-refractivity contribution in [3.05, 3.63) is 11.1 Å². The van der Waals surface area contributed by atoms with Crippen molar-refractivity contribution in [1.29, 1.82) is 0 Å².